The van der Waals surface area contributed by atoms with Crippen molar-refractivity contribution in [3.05, 3.63) is 17.5 Å². The lowest BCUT2D eigenvalue weighted by molar-refractivity contribution is -0.132. The smallest absolute Gasteiger partial charge is 0.249 e. The van der Waals surface area contributed by atoms with E-state index in [-0.39, 0.29) is 18.1 Å². The number of nitrogens with one attached hydrogen (secondary N) is 1. The number of carbonyl (C=O) groups is 1. The van der Waals surface area contributed by atoms with Gasteiger partial charge in [-0.15, -0.1) is 0 Å². The molecule has 0 aliphatic carbocycles. The molecule has 1 fully saturated rings. The van der Waals surface area contributed by atoms with Crippen molar-refractivity contribution >= 4 is 5.91 Å². The van der Waals surface area contributed by atoms with Crippen LogP contribution in [-0.4, -0.2) is 29.8 Å². The Labute approximate surface area is 125 Å². The predicted octanol–water partition coefficient (Wildman–Crippen LogP) is 1.70. The van der Waals surface area contributed by atoms with Gasteiger partial charge in [-0.1, -0.05) is 19.0 Å². The van der Waals surface area contributed by atoms with E-state index in [0.717, 1.165) is 31.4 Å². The van der Waals surface area contributed by atoms with E-state index in [4.69, 9.17) is 15.0 Å². The zero-order valence-corrected chi connectivity index (χ0v) is 12.8. The number of hydrogen-bond donors (Lipinski definition) is 2. The van der Waals surface area contributed by atoms with Gasteiger partial charge in [0.2, 0.25) is 5.91 Å². The number of nitrogens with zero attached hydrogens (tertiary/aromatic N) is 1. The molecule has 2 atom stereocenters. The topological polar surface area (TPSA) is 90.4 Å². The number of ether oxygens (including phenoxy) is 1. The van der Waals surface area contributed by atoms with E-state index < -0.39 is 0 Å². The van der Waals surface area contributed by atoms with Crippen LogP contribution in [0.4, 0.5) is 0 Å². The minimum absolute atomic E-state index is 0.00694. The Bertz CT molecular complexity index is 457. The average Bonchev–Trinajstić information content (AvgIpc) is 3.15. The van der Waals surface area contributed by atoms with E-state index in [1.54, 1.807) is 0 Å². The van der Waals surface area contributed by atoms with Crippen LogP contribution in [0, 0.1) is 0 Å². The van der Waals surface area contributed by atoms with E-state index in [1.165, 1.54) is 0 Å². The first-order chi connectivity index (χ1) is 10.2. The lowest BCUT2D eigenvalue weighted by atomic mass is 9.99. The molecule has 0 unspecified atom stereocenters. The second kappa shape index (κ2) is 7.56. The van der Waals surface area contributed by atoms with Crippen LogP contribution >= 0.6 is 0 Å². The maximum Gasteiger partial charge on any atom is 0.249 e. The third-order valence-corrected chi connectivity index (χ3v) is 4.08. The highest BCUT2D eigenvalue weighted by molar-refractivity contribution is 5.80. The van der Waals surface area contributed by atoms with Crippen molar-refractivity contribution in [1.82, 2.24) is 10.5 Å². The summed E-state index contributed by atoms with van der Waals surface area (Å²) >= 11 is 0. The van der Waals surface area contributed by atoms with Gasteiger partial charge in [-0.3, -0.25) is 4.79 Å². The molecule has 6 nitrogen and oxygen atoms in total. The van der Waals surface area contributed by atoms with Gasteiger partial charge in [-0.05, 0) is 25.7 Å². The summed E-state index contributed by atoms with van der Waals surface area (Å²) in [6.45, 7) is 5.08. The highest BCUT2D eigenvalue weighted by Gasteiger charge is 2.29. The fourth-order valence-corrected chi connectivity index (χ4v) is 2.67. The van der Waals surface area contributed by atoms with Crippen molar-refractivity contribution in [3.8, 4) is 0 Å². The summed E-state index contributed by atoms with van der Waals surface area (Å²) in [6.07, 6.45) is 3.25. The number of amides is 1. The molecule has 118 valence electrons. The lowest BCUT2D eigenvalue weighted by Gasteiger charge is -2.11. The summed E-state index contributed by atoms with van der Waals surface area (Å²) in [6, 6.07) is 1.93. The SMILES string of the molecule is CCC(CC)c1cc(CNC(=O)[C@@H]2CC[C@H](CN)O2)on1. The number of carbonyl (C=O) groups excluding carboxylic acids is 1. The van der Waals surface area contributed by atoms with E-state index in [2.05, 4.69) is 24.3 Å². The maximum absolute atomic E-state index is 12.0. The second-order valence-corrected chi connectivity index (χ2v) is 5.51. The van der Waals surface area contributed by atoms with Gasteiger partial charge in [0.15, 0.2) is 5.76 Å². The maximum atomic E-state index is 12.0. The Morgan fingerprint density at radius 1 is 1.48 bits per heavy atom. The zero-order valence-electron chi connectivity index (χ0n) is 12.8. The second-order valence-electron chi connectivity index (χ2n) is 5.51. The van der Waals surface area contributed by atoms with Crippen LogP contribution in [0.25, 0.3) is 0 Å². The summed E-state index contributed by atoms with van der Waals surface area (Å²) in [5.74, 6) is 0.992. The summed E-state index contributed by atoms with van der Waals surface area (Å²) < 4.78 is 10.8. The first-order valence-corrected chi connectivity index (χ1v) is 7.76. The largest absolute Gasteiger partial charge is 0.364 e. The molecular weight excluding hydrogens is 270 g/mol. The van der Waals surface area contributed by atoms with Crippen LogP contribution < -0.4 is 11.1 Å². The Morgan fingerprint density at radius 3 is 2.86 bits per heavy atom. The van der Waals surface area contributed by atoms with Crippen molar-refractivity contribution in [1.29, 1.82) is 0 Å². The van der Waals surface area contributed by atoms with Gasteiger partial charge in [-0.25, -0.2) is 0 Å². The van der Waals surface area contributed by atoms with Crippen LogP contribution in [0.5, 0.6) is 0 Å². The van der Waals surface area contributed by atoms with E-state index in [9.17, 15) is 4.79 Å². The normalized spacial score (nSPS) is 21.9. The summed E-state index contributed by atoms with van der Waals surface area (Å²) in [7, 11) is 0. The van der Waals surface area contributed by atoms with E-state index >= 15 is 0 Å². The van der Waals surface area contributed by atoms with Crippen molar-refractivity contribution in [2.24, 2.45) is 5.73 Å². The fraction of sp³-hybridized carbons (Fsp3) is 0.733. The standard InChI is InChI=1S/C15H25N3O3/c1-3-10(4-2)13-7-12(21-18-13)9-17-15(19)14-6-5-11(8-16)20-14/h7,10-11,14H,3-6,8-9,16H2,1-2H3,(H,17,19)/t11-,14+/m1/s1. The van der Waals surface area contributed by atoms with Crippen LogP contribution in [0.15, 0.2) is 10.6 Å². The van der Waals surface area contributed by atoms with Crippen LogP contribution in [0.2, 0.25) is 0 Å². The highest BCUT2D eigenvalue weighted by atomic mass is 16.5. The van der Waals surface area contributed by atoms with Gasteiger partial charge < -0.3 is 20.3 Å². The van der Waals surface area contributed by atoms with Crippen molar-refractivity contribution < 1.29 is 14.1 Å². The molecule has 1 aromatic heterocycles. The minimum Gasteiger partial charge on any atom is -0.364 e. The Morgan fingerprint density at radius 2 is 2.24 bits per heavy atom. The quantitative estimate of drug-likeness (QED) is 0.799. The molecule has 1 saturated heterocycles. The van der Waals surface area contributed by atoms with Crippen LogP contribution in [0.1, 0.15) is 56.9 Å². The van der Waals surface area contributed by atoms with Crippen molar-refractivity contribution in [3.63, 3.8) is 0 Å². The number of aromatic nitrogens is 1. The number of rotatable bonds is 7. The van der Waals surface area contributed by atoms with Crippen molar-refractivity contribution in [2.75, 3.05) is 6.54 Å². The summed E-state index contributed by atoms with van der Waals surface area (Å²) in [4.78, 5) is 12.0. The first kappa shape index (κ1) is 16.0. The molecule has 0 bridgehead atoms. The third-order valence-electron chi connectivity index (χ3n) is 4.08. The first-order valence-electron chi connectivity index (χ1n) is 7.76. The van der Waals surface area contributed by atoms with Gasteiger partial charge in [0.1, 0.15) is 6.10 Å². The molecule has 1 aliphatic rings. The molecule has 1 amide bonds. The Hall–Kier alpha value is -1.40. The highest BCUT2D eigenvalue weighted by Crippen LogP contribution is 2.22. The molecule has 2 heterocycles. The molecule has 0 radical (unpaired) electrons. The molecule has 0 aromatic carbocycles. The molecule has 2 rings (SSSR count). The van der Waals surface area contributed by atoms with Gasteiger partial charge in [0, 0.05) is 18.5 Å². The molecule has 21 heavy (non-hydrogen) atoms. The van der Waals surface area contributed by atoms with Gasteiger partial charge in [0.25, 0.3) is 0 Å². The van der Waals surface area contributed by atoms with Gasteiger partial charge >= 0.3 is 0 Å². The molecule has 1 aliphatic heterocycles. The third kappa shape index (κ3) is 4.04. The van der Waals surface area contributed by atoms with E-state index in [1.807, 2.05) is 6.07 Å². The van der Waals surface area contributed by atoms with Crippen LogP contribution in [0.3, 0.4) is 0 Å². The Kier molecular flexibility index (Phi) is 5.76. The summed E-state index contributed by atoms with van der Waals surface area (Å²) in [5.41, 5.74) is 6.50. The number of hydrogen-bond acceptors (Lipinski definition) is 5. The Balaban J connectivity index is 1.82. The molecule has 0 spiro atoms. The molecule has 3 N–H and O–H groups in total. The average molecular weight is 295 g/mol. The van der Waals surface area contributed by atoms with E-state index in [0.29, 0.717) is 24.8 Å². The molecule has 6 heteroatoms. The fourth-order valence-electron chi connectivity index (χ4n) is 2.67. The van der Waals surface area contributed by atoms with Gasteiger partial charge in [-0.2, -0.15) is 0 Å². The minimum atomic E-state index is -0.389. The summed E-state index contributed by atoms with van der Waals surface area (Å²) in [5, 5.41) is 6.92. The lowest BCUT2D eigenvalue weighted by Crippen LogP contribution is -2.35. The molecular formula is C15H25N3O3. The van der Waals surface area contributed by atoms with Gasteiger partial charge in [0.05, 0.1) is 18.3 Å². The predicted molar refractivity (Wildman–Crippen MR) is 78.6 cm³/mol. The number of nitrogens with two attached hydrogens (primary N) is 1. The zero-order chi connectivity index (χ0) is 15.2. The molecule has 1 aromatic rings. The monoisotopic (exact) mass is 295 g/mol. The van der Waals surface area contributed by atoms with Crippen LogP contribution in [-0.2, 0) is 16.1 Å². The molecule has 0 saturated carbocycles. The van der Waals surface area contributed by atoms with Crippen molar-refractivity contribution in [2.45, 2.75) is 64.2 Å².